The van der Waals surface area contributed by atoms with Gasteiger partial charge in [0.25, 0.3) is 0 Å². The van der Waals surface area contributed by atoms with Gasteiger partial charge in [-0.3, -0.25) is 13.9 Å². The Morgan fingerprint density at radius 2 is 1.65 bits per heavy atom. The average molecular weight is 667 g/mol. The first-order valence-electron chi connectivity index (χ1n) is 14.2. The van der Waals surface area contributed by atoms with Gasteiger partial charge in [0.1, 0.15) is 6.04 Å². The number of halogens is 3. The number of carbonyl (C=O) groups excluding carboxylic acids is 2. The van der Waals surface area contributed by atoms with Gasteiger partial charge in [-0.05, 0) is 60.7 Å². The molecule has 0 heterocycles. The van der Waals surface area contributed by atoms with Crippen LogP contribution in [0.15, 0.2) is 66.7 Å². The zero-order chi connectivity index (χ0) is 31.6. The SMILES string of the molecule is CCCCNC(=O)[C@H](Cc1ccccc1)N(Cc1ccc(Cl)cc1Cl)C(=O)CCCN(c1cccc(Cl)c1C)S(C)(=O)=O. The Bertz CT molecular complexity index is 1500. The Kier molecular flexibility index (Phi) is 13.2. The molecule has 2 amide bonds. The van der Waals surface area contributed by atoms with Crippen LogP contribution < -0.4 is 9.62 Å². The average Bonchev–Trinajstić information content (AvgIpc) is 2.95. The Morgan fingerprint density at radius 1 is 0.930 bits per heavy atom. The van der Waals surface area contributed by atoms with E-state index in [0.717, 1.165) is 24.7 Å². The van der Waals surface area contributed by atoms with Crippen LogP contribution in [0.25, 0.3) is 0 Å². The molecule has 43 heavy (non-hydrogen) atoms. The summed E-state index contributed by atoms with van der Waals surface area (Å²) in [5.41, 5.74) is 2.64. The van der Waals surface area contributed by atoms with Crippen molar-refractivity contribution in [2.75, 3.05) is 23.7 Å². The molecular weight excluding hydrogens is 629 g/mol. The standard InChI is InChI=1S/C32H38Cl3N3O4S/c1-4-5-18-36-32(40)30(20-24-11-7-6-8-12-24)37(22-25-16-17-26(33)21-28(25)35)31(39)15-10-19-38(43(3,41)42)29-14-9-13-27(34)23(29)2/h6-9,11-14,16-17,21,30H,4-5,10,15,18-20,22H2,1-3H3,(H,36,40)/t30-/m0/s1. The Labute approximate surface area is 270 Å². The van der Waals surface area contributed by atoms with Gasteiger partial charge in [0, 0.05) is 47.5 Å². The van der Waals surface area contributed by atoms with E-state index in [1.54, 1.807) is 48.2 Å². The number of hydrogen-bond donors (Lipinski definition) is 1. The molecule has 0 aliphatic carbocycles. The van der Waals surface area contributed by atoms with Crippen molar-refractivity contribution in [2.45, 2.75) is 58.5 Å². The molecular formula is C32H38Cl3N3O4S. The van der Waals surface area contributed by atoms with E-state index in [4.69, 9.17) is 34.8 Å². The molecule has 0 aromatic heterocycles. The quantitative estimate of drug-likeness (QED) is 0.176. The number of unbranched alkanes of at least 4 members (excludes halogenated alkanes) is 1. The number of nitrogens with one attached hydrogen (secondary N) is 1. The van der Waals surface area contributed by atoms with Crippen LogP contribution in [0.4, 0.5) is 5.69 Å². The van der Waals surface area contributed by atoms with E-state index >= 15 is 0 Å². The molecule has 3 rings (SSSR count). The van der Waals surface area contributed by atoms with Crippen LogP contribution in [-0.2, 0) is 32.6 Å². The summed E-state index contributed by atoms with van der Waals surface area (Å²) in [6.07, 6.45) is 3.37. The van der Waals surface area contributed by atoms with Gasteiger partial charge >= 0.3 is 0 Å². The minimum atomic E-state index is -3.66. The molecule has 0 aliphatic rings. The zero-order valence-corrected chi connectivity index (χ0v) is 27.7. The molecule has 0 saturated carbocycles. The van der Waals surface area contributed by atoms with E-state index in [-0.39, 0.29) is 37.7 Å². The molecule has 0 spiro atoms. The molecule has 0 fully saturated rings. The summed E-state index contributed by atoms with van der Waals surface area (Å²) in [5.74, 6) is -0.558. The molecule has 1 atom stereocenters. The first-order valence-corrected chi connectivity index (χ1v) is 17.2. The summed E-state index contributed by atoms with van der Waals surface area (Å²) in [5, 5.41) is 4.28. The van der Waals surface area contributed by atoms with Crippen LogP contribution >= 0.6 is 34.8 Å². The number of benzene rings is 3. The number of sulfonamides is 1. The van der Waals surface area contributed by atoms with Crippen molar-refractivity contribution in [3.05, 3.63) is 98.5 Å². The van der Waals surface area contributed by atoms with Gasteiger partial charge in [-0.15, -0.1) is 0 Å². The lowest BCUT2D eigenvalue weighted by molar-refractivity contribution is -0.141. The molecule has 0 saturated heterocycles. The Morgan fingerprint density at radius 3 is 2.30 bits per heavy atom. The van der Waals surface area contributed by atoms with Crippen molar-refractivity contribution in [1.29, 1.82) is 0 Å². The smallest absolute Gasteiger partial charge is 0.243 e. The second-order valence-electron chi connectivity index (χ2n) is 10.4. The van der Waals surface area contributed by atoms with Crippen molar-refractivity contribution in [2.24, 2.45) is 0 Å². The van der Waals surface area contributed by atoms with E-state index in [1.165, 1.54) is 4.31 Å². The van der Waals surface area contributed by atoms with Gasteiger partial charge in [-0.2, -0.15) is 0 Å². The van der Waals surface area contributed by atoms with Gasteiger partial charge in [0.15, 0.2) is 0 Å². The van der Waals surface area contributed by atoms with Crippen molar-refractivity contribution in [3.63, 3.8) is 0 Å². The van der Waals surface area contributed by atoms with E-state index in [1.807, 2.05) is 37.3 Å². The molecule has 0 radical (unpaired) electrons. The summed E-state index contributed by atoms with van der Waals surface area (Å²) in [7, 11) is -3.66. The summed E-state index contributed by atoms with van der Waals surface area (Å²) in [6, 6.07) is 18.8. The molecule has 11 heteroatoms. The molecule has 0 bridgehead atoms. The third-order valence-electron chi connectivity index (χ3n) is 7.12. The fourth-order valence-electron chi connectivity index (χ4n) is 4.74. The van der Waals surface area contributed by atoms with E-state index in [0.29, 0.717) is 44.8 Å². The minimum Gasteiger partial charge on any atom is -0.354 e. The maximum Gasteiger partial charge on any atom is 0.243 e. The number of anilines is 1. The molecule has 232 valence electrons. The van der Waals surface area contributed by atoms with E-state index in [2.05, 4.69) is 5.32 Å². The highest BCUT2D eigenvalue weighted by atomic mass is 35.5. The summed E-state index contributed by atoms with van der Waals surface area (Å²) >= 11 is 18.9. The van der Waals surface area contributed by atoms with Crippen LogP contribution in [-0.4, -0.2) is 50.5 Å². The van der Waals surface area contributed by atoms with Gasteiger partial charge in [-0.1, -0.05) is 90.6 Å². The predicted octanol–water partition coefficient (Wildman–Crippen LogP) is 7.06. The number of hydrogen-bond acceptors (Lipinski definition) is 4. The maximum atomic E-state index is 14.0. The fourth-order valence-corrected chi connectivity index (χ4v) is 6.40. The zero-order valence-electron chi connectivity index (χ0n) is 24.7. The molecule has 0 unspecified atom stereocenters. The third kappa shape index (κ3) is 10.1. The lowest BCUT2D eigenvalue weighted by Gasteiger charge is -2.32. The molecule has 0 aliphatic heterocycles. The Hall–Kier alpha value is -2.78. The van der Waals surface area contributed by atoms with Gasteiger partial charge < -0.3 is 10.2 Å². The van der Waals surface area contributed by atoms with Crippen molar-refractivity contribution < 1.29 is 18.0 Å². The summed E-state index contributed by atoms with van der Waals surface area (Å²) in [6.45, 7) is 4.43. The fraction of sp³-hybridized carbons (Fsp3) is 0.375. The number of rotatable bonds is 15. The predicted molar refractivity (Wildman–Crippen MR) is 176 cm³/mol. The lowest BCUT2D eigenvalue weighted by atomic mass is 10.0. The lowest BCUT2D eigenvalue weighted by Crippen LogP contribution is -2.50. The first kappa shape index (κ1) is 34.7. The van der Waals surface area contributed by atoms with Gasteiger partial charge in [0.05, 0.1) is 11.9 Å². The van der Waals surface area contributed by atoms with Gasteiger partial charge in [0.2, 0.25) is 21.8 Å². The number of amides is 2. The maximum absolute atomic E-state index is 14.0. The van der Waals surface area contributed by atoms with Crippen LogP contribution in [0.5, 0.6) is 0 Å². The van der Waals surface area contributed by atoms with Gasteiger partial charge in [-0.25, -0.2) is 8.42 Å². The van der Waals surface area contributed by atoms with Crippen LogP contribution in [0.1, 0.15) is 49.3 Å². The largest absolute Gasteiger partial charge is 0.354 e. The second-order valence-corrected chi connectivity index (χ2v) is 13.6. The van der Waals surface area contributed by atoms with Crippen molar-refractivity contribution in [1.82, 2.24) is 10.2 Å². The normalized spacial score (nSPS) is 12.0. The highest BCUT2D eigenvalue weighted by Crippen LogP contribution is 2.29. The van der Waals surface area contributed by atoms with Crippen molar-refractivity contribution in [3.8, 4) is 0 Å². The first-order chi connectivity index (χ1) is 20.4. The number of carbonyl (C=O) groups is 2. The summed E-state index contributed by atoms with van der Waals surface area (Å²) in [4.78, 5) is 29.1. The molecule has 3 aromatic rings. The minimum absolute atomic E-state index is 0.00434. The molecule has 1 N–H and O–H groups in total. The van der Waals surface area contributed by atoms with Crippen LogP contribution in [0.3, 0.4) is 0 Å². The third-order valence-corrected chi connectivity index (χ3v) is 9.29. The van der Waals surface area contributed by atoms with E-state index in [9.17, 15) is 18.0 Å². The second kappa shape index (κ2) is 16.3. The van der Waals surface area contributed by atoms with Crippen molar-refractivity contribution >= 4 is 62.3 Å². The monoisotopic (exact) mass is 665 g/mol. The highest BCUT2D eigenvalue weighted by Gasteiger charge is 2.31. The topological polar surface area (TPSA) is 86.8 Å². The van der Waals surface area contributed by atoms with Crippen LogP contribution in [0, 0.1) is 6.92 Å². The highest BCUT2D eigenvalue weighted by molar-refractivity contribution is 7.92. The molecule has 3 aromatic carbocycles. The number of nitrogens with zero attached hydrogens (tertiary/aromatic N) is 2. The molecule has 7 nitrogen and oxygen atoms in total. The Balaban J connectivity index is 1.92. The van der Waals surface area contributed by atoms with E-state index < -0.39 is 16.1 Å². The summed E-state index contributed by atoms with van der Waals surface area (Å²) < 4.78 is 26.8. The van der Waals surface area contributed by atoms with Crippen LogP contribution in [0.2, 0.25) is 15.1 Å².